The summed E-state index contributed by atoms with van der Waals surface area (Å²) in [6, 6.07) is 10.9. The molecule has 1 fully saturated rings. The molecule has 1 aliphatic heterocycles. The van der Waals surface area contributed by atoms with Crippen LogP contribution in [0.3, 0.4) is 0 Å². The number of hydrogen-bond donors (Lipinski definition) is 0. The highest BCUT2D eigenvalue weighted by Crippen LogP contribution is 2.26. The van der Waals surface area contributed by atoms with Crippen LogP contribution >= 0.6 is 11.6 Å². The largest absolute Gasteiger partial charge is 0.487 e. The van der Waals surface area contributed by atoms with Crippen molar-refractivity contribution in [3.63, 3.8) is 0 Å². The number of aromatic nitrogens is 1. The lowest BCUT2D eigenvalue weighted by Gasteiger charge is -2.32. The van der Waals surface area contributed by atoms with Crippen LogP contribution in [0.15, 0.2) is 48.8 Å². The molecule has 0 amide bonds. The summed E-state index contributed by atoms with van der Waals surface area (Å²) in [5, 5.41) is 0.432. The average Bonchev–Trinajstić information content (AvgIpc) is 2.58. The number of nitrogens with zero attached hydrogens (tertiary/aromatic N) is 2. The molecule has 0 saturated carbocycles. The second-order valence-corrected chi connectivity index (χ2v) is 8.16. The van der Waals surface area contributed by atoms with Crippen LogP contribution in [-0.2, 0) is 15.8 Å². The average molecular weight is 367 g/mol. The molecule has 1 aliphatic rings. The molecular weight excluding hydrogens is 348 g/mol. The monoisotopic (exact) mass is 366 g/mol. The minimum Gasteiger partial charge on any atom is -0.487 e. The Balaban J connectivity index is 1.67. The number of rotatable bonds is 5. The summed E-state index contributed by atoms with van der Waals surface area (Å²) in [7, 11) is -3.36. The molecule has 1 atom stereocenters. The molecule has 1 aromatic carbocycles. The molecule has 7 heteroatoms. The normalized spacial score (nSPS) is 19.1. The van der Waals surface area contributed by atoms with E-state index in [9.17, 15) is 8.42 Å². The van der Waals surface area contributed by atoms with Gasteiger partial charge >= 0.3 is 0 Å². The van der Waals surface area contributed by atoms with Crippen molar-refractivity contribution in [3.8, 4) is 5.75 Å². The molecular formula is C17H19ClN2O3S. The summed E-state index contributed by atoms with van der Waals surface area (Å²) in [6.45, 7) is 0.868. The fourth-order valence-electron chi connectivity index (χ4n) is 2.77. The number of ether oxygens (including phenoxy) is 1. The van der Waals surface area contributed by atoms with Gasteiger partial charge < -0.3 is 4.74 Å². The van der Waals surface area contributed by atoms with E-state index in [1.807, 2.05) is 30.3 Å². The Morgan fingerprint density at radius 2 is 2.04 bits per heavy atom. The standard InChI is InChI=1S/C17H19ClN2O3S/c18-16-11-19-9-8-17(16)23-15-7-4-10-20(12-15)24(21,22)13-14-5-2-1-3-6-14/h1-3,5-6,8-9,11,15H,4,7,10,12-13H2. The molecule has 3 rings (SSSR count). The molecule has 0 bridgehead atoms. The van der Waals surface area contributed by atoms with E-state index < -0.39 is 10.0 Å². The van der Waals surface area contributed by atoms with Gasteiger partial charge in [-0.3, -0.25) is 4.98 Å². The first-order valence-electron chi connectivity index (χ1n) is 7.82. The molecule has 0 radical (unpaired) electrons. The molecule has 1 aromatic heterocycles. The van der Waals surface area contributed by atoms with E-state index in [1.165, 1.54) is 10.5 Å². The first-order valence-corrected chi connectivity index (χ1v) is 9.81. The molecule has 128 valence electrons. The number of sulfonamides is 1. The van der Waals surface area contributed by atoms with E-state index in [-0.39, 0.29) is 11.9 Å². The van der Waals surface area contributed by atoms with Gasteiger partial charge in [0.15, 0.2) is 0 Å². The van der Waals surface area contributed by atoms with Gasteiger partial charge in [-0.15, -0.1) is 0 Å². The van der Waals surface area contributed by atoms with Gasteiger partial charge in [0, 0.05) is 25.0 Å². The van der Waals surface area contributed by atoms with Crippen molar-refractivity contribution < 1.29 is 13.2 Å². The highest BCUT2D eigenvalue weighted by molar-refractivity contribution is 7.88. The highest BCUT2D eigenvalue weighted by Gasteiger charge is 2.30. The highest BCUT2D eigenvalue weighted by atomic mass is 35.5. The van der Waals surface area contributed by atoms with Crippen molar-refractivity contribution in [1.82, 2.24) is 9.29 Å². The molecule has 1 saturated heterocycles. The van der Waals surface area contributed by atoms with E-state index in [2.05, 4.69) is 4.98 Å². The molecule has 2 heterocycles. The lowest BCUT2D eigenvalue weighted by molar-refractivity contribution is 0.129. The van der Waals surface area contributed by atoms with Gasteiger partial charge in [0.05, 0.1) is 12.3 Å². The van der Waals surface area contributed by atoms with Crippen LogP contribution in [0.25, 0.3) is 0 Å². The smallest absolute Gasteiger partial charge is 0.218 e. The van der Waals surface area contributed by atoms with Gasteiger partial charge in [-0.1, -0.05) is 41.9 Å². The first kappa shape index (κ1) is 17.2. The van der Waals surface area contributed by atoms with Gasteiger partial charge in [-0.25, -0.2) is 8.42 Å². The Morgan fingerprint density at radius 3 is 2.79 bits per heavy atom. The molecule has 0 aliphatic carbocycles. The molecule has 1 unspecified atom stereocenters. The summed E-state index contributed by atoms with van der Waals surface area (Å²) in [4.78, 5) is 3.92. The third-order valence-electron chi connectivity index (χ3n) is 3.96. The van der Waals surface area contributed by atoms with E-state index >= 15 is 0 Å². The Hall–Kier alpha value is -1.63. The van der Waals surface area contributed by atoms with Crippen molar-refractivity contribution in [3.05, 3.63) is 59.4 Å². The minimum atomic E-state index is -3.36. The number of piperidine rings is 1. The van der Waals surface area contributed by atoms with Gasteiger partial charge in [0.25, 0.3) is 0 Å². The Bertz CT molecular complexity index is 783. The van der Waals surface area contributed by atoms with E-state index in [0.717, 1.165) is 18.4 Å². The van der Waals surface area contributed by atoms with Gasteiger partial charge in [-0.05, 0) is 18.4 Å². The Labute approximate surface area is 147 Å². The number of benzene rings is 1. The second-order valence-electron chi connectivity index (χ2n) is 5.79. The van der Waals surface area contributed by atoms with E-state index in [4.69, 9.17) is 16.3 Å². The third kappa shape index (κ3) is 4.26. The Kier molecular flexibility index (Phi) is 5.38. The molecule has 0 N–H and O–H groups in total. The zero-order chi connectivity index (χ0) is 17.0. The van der Waals surface area contributed by atoms with Crippen molar-refractivity contribution in [2.45, 2.75) is 24.7 Å². The first-order chi connectivity index (χ1) is 11.5. The zero-order valence-electron chi connectivity index (χ0n) is 13.1. The number of hydrogen-bond acceptors (Lipinski definition) is 4. The molecule has 0 spiro atoms. The molecule has 24 heavy (non-hydrogen) atoms. The molecule has 2 aromatic rings. The van der Waals surface area contributed by atoms with Crippen LogP contribution in [0.4, 0.5) is 0 Å². The number of pyridine rings is 1. The van der Waals surface area contributed by atoms with Crippen molar-refractivity contribution in [2.24, 2.45) is 0 Å². The summed E-state index contributed by atoms with van der Waals surface area (Å²) >= 11 is 6.06. The van der Waals surface area contributed by atoms with Crippen LogP contribution in [0.5, 0.6) is 5.75 Å². The number of halogens is 1. The van der Waals surface area contributed by atoms with Gasteiger partial charge in [0.1, 0.15) is 16.9 Å². The van der Waals surface area contributed by atoms with Gasteiger partial charge in [-0.2, -0.15) is 4.31 Å². The van der Waals surface area contributed by atoms with E-state index in [0.29, 0.717) is 23.9 Å². The topological polar surface area (TPSA) is 59.5 Å². The summed E-state index contributed by atoms with van der Waals surface area (Å²) in [5.74, 6) is 0.551. The predicted molar refractivity (Wildman–Crippen MR) is 93.5 cm³/mol. The summed E-state index contributed by atoms with van der Waals surface area (Å²) < 4.78 is 32.7. The van der Waals surface area contributed by atoms with Crippen LogP contribution < -0.4 is 4.74 Å². The fraction of sp³-hybridized carbons (Fsp3) is 0.353. The van der Waals surface area contributed by atoms with Crippen LogP contribution in [-0.4, -0.2) is 36.9 Å². The van der Waals surface area contributed by atoms with Crippen LogP contribution in [0.1, 0.15) is 18.4 Å². The van der Waals surface area contributed by atoms with Crippen LogP contribution in [0.2, 0.25) is 5.02 Å². The third-order valence-corrected chi connectivity index (χ3v) is 6.06. The summed E-state index contributed by atoms with van der Waals surface area (Å²) in [5.41, 5.74) is 0.790. The fourth-order valence-corrected chi connectivity index (χ4v) is 4.53. The minimum absolute atomic E-state index is 0.0105. The van der Waals surface area contributed by atoms with E-state index in [1.54, 1.807) is 12.3 Å². The SMILES string of the molecule is O=S(=O)(Cc1ccccc1)N1CCCC(Oc2ccncc2Cl)C1. The zero-order valence-corrected chi connectivity index (χ0v) is 14.7. The lowest BCUT2D eigenvalue weighted by Crippen LogP contribution is -2.44. The van der Waals surface area contributed by atoms with Gasteiger partial charge in [0.2, 0.25) is 10.0 Å². The van der Waals surface area contributed by atoms with Crippen molar-refractivity contribution in [1.29, 1.82) is 0 Å². The second kappa shape index (κ2) is 7.51. The lowest BCUT2D eigenvalue weighted by atomic mass is 10.1. The van der Waals surface area contributed by atoms with Crippen molar-refractivity contribution >= 4 is 21.6 Å². The Morgan fingerprint density at radius 1 is 1.25 bits per heavy atom. The maximum absolute atomic E-state index is 12.7. The quantitative estimate of drug-likeness (QED) is 0.815. The molecule has 5 nitrogen and oxygen atoms in total. The predicted octanol–water partition coefficient (Wildman–Crippen LogP) is 3.11. The summed E-state index contributed by atoms with van der Waals surface area (Å²) in [6.07, 6.45) is 4.49. The van der Waals surface area contributed by atoms with Crippen molar-refractivity contribution in [2.75, 3.05) is 13.1 Å². The maximum atomic E-state index is 12.7. The van der Waals surface area contributed by atoms with Crippen LogP contribution in [0, 0.1) is 0 Å². The maximum Gasteiger partial charge on any atom is 0.218 e.